The highest BCUT2D eigenvalue weighted by molar-refractivity contribution is 5.95. The molecule has 19 heavy (non-hydrogen) atoms. The van der Waals surface area contributed by atoms with E-state index in [0.29, 0.717) is 12.5 Å². The van der Waals surface area contributed by atoms with E-state index in [1.807, 2.05) is 12.1 Å². The van der Waals surface area contributed by atoms with Crippen LogP contribution in [0.5, 0.6) is 0 Å². The number of rotatable bonds is 4. The van der Waals surface area contributed by atoms with Gasteiger partial charge in [0.05, 0.1) is 11.4 Å². The third-order valence-corrected chi connectivity index (χ3v) is 3.90. The fourth-order valence-electron chi connectivity index (χ4n) is 2.59. The summed E-state index contributed by atoms with van der Waals surface area (Å²) in [6, 6.07) is 4.44. The van der Waals surface area contributed by atoms with Gasteiger partial charge in [0.15, 0.2) is 0 Å². The van der Waals surface area contributed by atoms with E-state index >= 15 is 0 Å². The van der Waals surface area contributed by atoms with Crippen molar-refractivity contribution in [2.75, 3.05) is 23.0 Å². The summed E-state index contributed by atoms with van der Waals surface area (Å²) in [4.78, 5) is 13.7. The Morgan fingerprint density at radius 3 is 2.84 bits per heavy atom. The van der Waals surface area contributed by atoms with Crippen molar-refractivity contribution in [2.45, 2.75) is 45.6 Å². The summed E-state index contributed by atoms with van der Waals surface area (Å²) in [5.41, 5.74) is 10.0. The van der Waals surface area contributed by atoms with Crippen LogP contribution in [0.1, 0.15) is 38.7 Å². The van der Waals surface area contributed by atoms with Crippen LogP contribution in [0.2, 0.25) is 0 Å². The second kappa shape index (κ2) is 5.51. The van der Waals surface area contributed by atoms with Gasteiger partial charge in [-0.3, -0.25) is 4.79 Å². The van der Waals surface area contributed by atoms with Crippen LogP contribution in [0, 0.1) is 0 Å². The summed E-state index contributed by atoms with van der Waals surface area (Å²) in [6.45, 7) is 4.38. The Morgan fingerprint density at radius 1 is 1.42 bits per heavy atom. The fraction of sp³-hybridized carbons (Fsp3) is 0.533. The summed E-state index contributed by atoms with van der Waals surface area (Å²) < 4.78 is 0. The van der Waals surface area contributed by atoms with E-state index in [1.54, 1.807) is 0 Å². The molecule has 3 N–H and O–H groups in total. The van der Waals surface area contributed by atoms with E-state index in [2.05, 4.69) is 31.1 Å². The zero-order chi connectivity index (χ0) is 14.0. The van der Waals surface area contributed by atoms with Gasteiger partial charge < -0.3 is 16.0 Å². The molecule has 0 aromatic heterocycles. The molecule has 0 saturated carbocycles. The molecule has 1 unspecified atom stereocenters. The maximum absolute atomic E-state index is 11.5. The van der Waals surface area contributed by atoms with Crippen molar-refractivity contribution in [1.82, 2.24) is 0 Å². The van der Waals surface area contributed by atoms with Gasteiger partial charge in [-0.25, -0.2) is 0 Å². The number of hydrogen-bond donors (Lipinski definition) is 2. The van der Waals surface area contributed by atoms with E-state index in [-0.39, 0.29) is 5.91 Å². The zero-order valence-corrected chi connectivity index (χ0v) is 12.0. The number of fused-ring (bicyclic) bond motifs is 1. The number of nitrogens with two attached hydrogens (primary N) is 1. The van der Waals surface area contributed by atoms with Crippen LogP contribution >= 0.6 is 0 Å². The predicted octanol–water partition coefficient (Wildman–Crippen LogP) is 2.78. The topological polar surface area (TPSA) is 58.4 Å². The second-order valence-corrected chi connectivity index (χ2v) is 5.36. The molecule has 1 amide bonds. The van der Waals surface area contributed by atoms with E-state index in [1.165, 1.54) is 0 Å². The third-order valence-electron chi connectivity index (χ3n) is 3.90. The van der Waals surface area contributed by atoms with Crippen LogP contribution in [0.25, 0.3) is 0 Å². The highest BCUT2D eigenvalue weighted by Crippen LogP contribution is 2.33. The number of benzene rings is 1. The minimum absolute atomic E-state index is 0.0903. The lowest BCUT2D eigenvalue weighted by Gasteiger charge is -2.30. The van der Waals surface area contributed by atoms with E-state index in [9.17, 15) is 4.79 Å². The molecule has 1 aliphatic rings. The van der Waals surface area contributed by atoms with Gasteiger partial charge in [0.2, 0.25) is 5.91 Å². The minimum atomic E-state index is 0.0903. The normalized spacial score (nSPS) is 15.6. The molecule has 4 nitrogen and oxygen atoms in total. The van der Waals surface area contributed by atoms with Gasteiger partial charge in [-0.15, -0.1) is 0 Å². The first kappa shape index (κ1) is 13.7. The predicted molar refractivity (Wildman–Crippen MR) is 80.6 cm³/mol. The summed E-state index contributed by atoms with van der Waals surface area (Å²) in [7, 11) is 2.06. The number of carbonyl (C=O) groups is 1. The Kier molecular flexibility index (Phi) is 3.98. The molecule has 0 bridgehead atoms. The SMILES string of the molecule is CCCC(C)N(C)c1cc2c(cc1N)CCC(=O)N2. The van der Waals surface area contributed by atoms with Gasteiger partial charge >= 0.3 is 0 Å². The first-order valence-electron chi connectivity index (χ1n) is 6.98. The Morgan fingerprint density at radius 2 is 2.16 bits per heavy atom. The van der Waals surface area contributed by atoms with Crippen molar-refractivity contribution >= 4 is 23.0 Å². The molecule has 1 aromatic carbocycles. The molecular formula is C15H23N3O. The fourth-order valence-corrected chi connectivity index (χ4v) is 2.59. The van der Waals surface area contributed by atoms with Gasteiger partial charge in [-0.1, -0.05) is 13.3 Å². The highest BCUT2D eigenvalue weighted by atomic mass is 16.1. The van der Waals surface area contributed by atoms with Crippen LogP contribution in [0.3, 0.4) is 0 Å². The van der Waals surface area contributed by atoms with Gasteiger partial charge in [-0.05, 0) is 37.5 Å². The molecule has 0 aliphatic carbocycles. The largest absolute Gasteiger partial charge is 0.397 e. The minimum Gasteiger partial charge on any atom is -0.397 e. The molecule has 4 heteroatoms. The lowest BCUT2D eigenvalue weighted by molar-refractivity contribution is -0.116. The molecule has 2 rings (SSSR count). The Hall–Kier alpha value is -1.71. The maximum Gasteiger partial charge on any atom is 0.224 e. The molecule has 1 atom stereocenters. The van der Waals surface area contributed by atoms with Crippen molar-refractivity contribution in [1.29, 1.82) is 0 Å². The van der Waals surface area contributed by atoms with E-state index in [4.69, 9.17) is 5.73 Å². The molecule has 0 radical (unpaired) electrons. The molecule has 1 aromatic rings. The average molecular weight is 261 g/mol. The van der Waals surface area contributed by atoms with Gasteiger partial charge in [-0.2, -0.15) is 0 Å². The van der Waals surface area contributed by atoms with Gasteiger partial charge in [0.1, 0.15) is 0 Å². The number of nitrogens with zero attached hydrogens (tertiary/aromatic N) is 1. The zero-order valence-electron chi connectivity index (χ0n) is 12.0. The van der Waals surface area contributed by atoms with Crippen LogP contribution in [-0.2, 0) is 11.2 Å². The summed E-state index contributed by atoms with van der Waals surface area (Å²) in [5, 5.41) is 2.93. The number of nitrogens with one attached hydrogen (secondary N) is 1. The molecular weight excluding hydrogens is 238 g/mol. The second-order valence-electron chi connectivity index (χ2n) is 5.36. The summed E-state index contributed by atoms with van der Waals surface area (Å²) in [6.07, 6.45) is 3.60. The molecule has 0 spiro atoms. The van der Waals surface area contributed by atoms with Crippen molar-refractivity contribution in [2.24, 2.45) is 0 Å². The lowest BCUT2D eigenvalue weighted by atomic mass is 10.0. The Bertz CT molecular complexity index is 485. The number of nitrogen functional groups attached to an aromatic ring is 1. The number of anilines is 3. The number of amides is 1. The van der Waals surface area contributed by atoms with Crippen molar-refractivity contribution in [3.63, 3.8) is 0 Å². The van der Waals surface area contributed by atoms with Crippen LogP contribution in [0.4, 0.5) is 17.1 Å². The number of hydrogen-bond acceptors (Lipinski definition) is 3. The van der Waals surface area contributed by atoms with Crippen molar-refractivity contribution < 1.29 is 4.79 Å². The van der Waals surface area contributed by atoms with Gasteiger partial charge in [0, 0.05) is 25.2 Å². The third kappa shape index (κ3) is 2.83. The van der Waals surface area contributed by atoms with Crippen LogP contribution in [0.15, 0.2) is 12.1 Å². The maximum atomic E-state index is 11.5. The molecule has 1 aliphatic heterocycles. The standard InChI is InChI=1S/C15H23N3O/c1-4-5-10(2)18(3)14-9-13-11(8-12(14)16)6-7-15(19)17-13/h8-10H,4-7,16H2,1-3H3,(H,17,19). The smallest absolute Gasteiger partial charge is 0.224 e. The average Bonchev–Trinajstić information content (AvgIpc) is 2.38. The van der Waals surface area contributed by atoms with Crippen molar-refractivity contribution in [3.05, 3.63) is 17.7 Å². The van der Waals surface area contributed by atoms with Crippen molar-refractivity contribution in [3.8, 4) is 0 Å². The summed E-state index contributed by atoms with van der Waals surface area (Å²) >= 11 is 0. The van der Waals surface area contributed by atoms with Crippen LogP contribution in [-0.4, -0.2) is 19.0 Å². The molecule has 104 valence electrons. The number of carbonyl (C=O) groups excluding carboxylic acids is 1. The first-order chi connectivity index (χ1) is 9.02. The lowest BCUT2D eigenvalue weighted by Crippen LogP contribution is -2.30. The Balaban J connectivity index is 2.31. The quantitative estimate of drug-likeness (QED) is 0.819. The number of aryl methyl sites for hydroxylation is 1. The summed E-state index contributed by atoms with van der Waals surface area (Å²) in [5.74, 6) is 0.0903. The van der Waals surface area contributed by atoms with E-state index < -0.39 is 0 Å². The molecule has 1 heterocycles. The molecule has 0 fully saturated rings. The highest BCUT2D eigenvalue weighted by Gasteiger charge is 2.19. The molecule has 0 saturated heterocycles. The first-order valence-corrected chi connectivity index (χ1v) is 6.98. The van der Waals surface area contributed by atoms with Gasteiger partial charge in [0.25, 0.3) is 0 Å². The van der Waals surface area contributed by atoms with E-state index in [0.717, 1.165) is 41.9 Å². The monoisotopic (exact) mass is 261 g/mol. The Labute approximate surface area is 115 Å². The van der Waals surface area contributed by atoms with Crippen LogP contribution < -0.4 is 16.0 Å².